The number of hydrogen-bond donors (Lipinski definition) is 1. The maximum absolute atomic E-state index is 6.02. The van der Waals surface area contributed by atoms with Gasteiger partial charge in [0, 0.05) is 15.3 Å². The molecule has 19 heavy (non-hydrogen) atoms. The highest BCUT2D eigenvalue weighted by molar-refractivity contribution is 14.1. The number of fused-ring (bicyclic) bond motifs is 1. The predicted octanol–water partition coefficient (Wildman–Crippen LogP) is 3.22. The van der Waals surface area contributed by atoms with Crippen molar-refractivity contribution in [2.75, 3.05) is 12.8 Å². The third kappa shape index (κ3) is 2.14. The zero-order valence-electron chi connectivity index (χ0n) is 10.3. The van der Waals surface area contributed by atoms with Gasteiger partial charge in [0.15, 0.2) is 0 Å². The molecule has 4 nitrogen and oxygen atoms in total. The van der Waals surface area contributed by atoms with Gasteiger partial charge >= 0.3 is 0 Å². The Labute approximate surface area is 124 Å². The Balaban J connectivity index is 2.26. The van der Waals surface area contributed by atoms with Crippen LogP contribution in [0.5, 0.6) is 5.75 Å². The van der Waals surface area contributed by atoms with Gasteiger partial charge < -0.3 is 10.5 Å². The van der Waals surface area contributed by atoms with Gasteiger partial charge in [-0.25, -0.2) is 4.98 Å². The summed E-state index contributed by atoms with van der Waals surface area (Å²) in [5, 5.41) is 0. The first-order chi connectivity index (χ1) is 9.19. The van der Waals surface area contributed by atoms with Crippen LogP contribution in [0.25, 0.3) is 16.7 Å². The molecule has 0 aliphatic carbocycles. The second-order valence-corrected chi connectivity index (χ2v) is 5.38. The predicted molar refractivity (Wildman–Crippen MR) is 84.8 cm³/mol. The number of anilines is 1. The molecule has 0 unspecified atom stereocenters. The Morgan fingerprint density at radius 1 is 1.16 bits per heavy atom. The molecule has 0 saturated heterocycles. The van der Waals surface area contributed by atoms with E-state index in [1.54, 1.807) is 7.11 Å². The molecule has 1 aromatic heterocycles. The molecule has 0 aliphatic rings. The van der Waals surface area contributed by atoms with Crippen LogP contribution >= 0.6 is 22.6 Å². The van der Waals surface area contributed by atoms with Crippen molar-refractivity contribution in [1.29, 1.82) is 0 Å². The smallest absolute Gasteiger partial charge is 0.205 e. The average molecular weight is 365 g/mol. The maximum Gasteiger partial charge on any atom is 0.205 e. The molecule has 0 fully saturated rings. The van der Waals surface area contributed by atoms with E-state index in [0.29, 0.717) is 5.95 Å². The standard InChI is InChI=1S/C14H12IN3O/c1-19-11-6-7-12-13(8-11)18(14(16)17-12)10-4-2-9(15)3-5-10/h2-8H,1H3,(H2,16,17). The summed E-state index contributed by atoms with van der Waals surface area (Å²) in [6.07, 6.45) is 0. The fraction of sp³-hybridized carbons (Fsp3) is 0.0714. The van der Waals surface area contributed by atoms with Crippen LogP contribution in [0.1, 0.15) is 0 Å². The number of ether oxygens (including phenoxy) is 1. The normalized spacial score (nSPS) is 10.8. The highest BCUT2D eigenvalue weighted by Crippen LogP contribution is 2.26. The first kappa shape index (κ1) is 12.3. The Bertz CT molecular complexity index is 734. The monoisotopic (exact) mass is 365 g/mol. The number of nitrogens with two attached hydrogens (primary N) is 1. The van der Waals surface area contributed by atoms with Crippen molar-refractivity contribution in [2.45, 2.75) is 0 Å². The lowest BCUT2D eigenvalue weighted by atomic mass is 10.2. The van der Waals surface area contributed by atoms with Crippen LogP contribution in [-0.4, -0.2) is 16.7 Å². The molecule has 3 aromatic rings. The highest BCUT2D eigenvalue weighted by atomic mass is 127. The van der Waals surface area contributed by atoms with E-state index in [2.05, 4.69) is 27.6 Å². The van der Waals surface area contributed by atoms with Gasteiger partial charge in [-0.2, -0.15) is 0 Å². The summed E-state index contributed by atoms with van der Waals surface area (Å²) >= 11 is 2.28. The van der Waals surface area contributed by atoms with Crippen molar-refractivity contribution in [1.82, 2.24) is 9.55 Å². The number of aromatic nitrogens is 2. The molecule has 96 valence electrons. The number of nitrogens with zero attached hydrogens (tertiary/aromatic N) is 2. The van der Waals surface area contributed by atoms with Crippen molar-refractivity contribution >= 4 is 39.6 Å². The fourth-order valence-electron chi connectivity index (χ4n) is 2.06. The second kappa shape index (κ2) is 4.73. The average Bonchev–Trinajstić information content (AvgIpc) is 2.75. The van der Waals surface area contributed by atoms with E-state index in [9.17, 15) is 0 Å². The first-order valence-electron chi connectivity index (χ1n) is 5.77. The summed E-state index contributed by atoms with van der Waals surface area (Å²) in [6, 6.07) is 13.9. The van der Waals surface area contributed by atoms with Crippen molar-refractivity contribution in [2.24, 2.45) is 0 Å². The summed E-state index contributed by atoms with van der Waals surface area (Å²) < 4.78 is 8.37. The van der Waals surface area contributed by atoms with Crippen molar-refractivity contribution in [3.63, 3.8) is 0 Å². The van der Waals surface area contributed by atoms with Gasteiger partial charge in [-0.1, -0.05) is 0 Å². The Morgan fingerprint density at radius 2 is 1.89 bits per heavy atom. The van der Waals surface area contributed by atoms with E-state index in [0.717, 1.165) is 22.5 Å². The molecule has 2 aromatic carbocycles. The lowest BCUT2D eigenvalue weighted by molar-refractivity contribution is 0.415. The molecule has 0 spiro atoms. The lowest BCUT2D eigenvalue weighted by Gasteiger charge is -2.07. The second-order valence-electron chi connectivity index (χ2n) is 4.14. The summed E-state index contributed by atoms with van der Waals surface area (Å²) in [6.45, 7) is 0. The van der Waals surface area contributed by atoms with Gasteiger partial charge in [0.1, 0.15) is 5.75 Å². The molecule has 0 saturated carbocycles. The molecule has 0 amide bonds. The molecule has 3 rings (SSSR count). The number of imidazole rings is 1. The van der Waals surface area contributed by atoms with Gasteiger partial charge in [-0.15, -0.1) is 0 Å². The van der Waals surface area contributed by atoms with Crippen molar-refractivity contribution < 1.29 is 4.74 Å². The Morgan fingerprint density at radius 3 is 2.58 bits per heavy atom. The summed E-state index contributed by atoms with van der Waals surface area (Å²) in [4.78, 5) is 4.37. The summed E-state index contributed by atoms with van der Waals surface area (Å²) in [5.41, 5.74) is 8.82. The van der Waals surface area contributed by atoms with Gasteiger partial charge in [-0.05, 0) is 59.0 Å². The quantitative estimate of drug-likeness (QED) is 0.710. The number of rotatable bonds is 2. The molecule has 1 heterocycles. The van der Waals surface area contributed by atoms with Crippen LogP contribution < -0.4 is 10.5 Å². The molecular formula is C14H12IN3O. The first-order valence-corrected chi connectivity index (χ1v) is 6.85. The van der Waals surface area contributed by atoms with Crippen molar-refractivity contribution in [3.8, 4) is 11.4 Å². The molecule has 0 aliphatic heterocycles. The van der Waals surface area contributed by atoms with Gasteiger partial charge in [0.2, 0.25) is 5.95 Å². The van der Waals surface area contributed by atoms with E-state index in [4.69, 9.17) is 10.5 Å². The van der Waals surface area contributed by atoms with Crippen LogP contribution in [0.2, 0.25) is 0 Å². The molecule has 2 N–H and O–H groups in total. The van der Waals surface area contributed by atoms with Crippen LogP contribution in [-0.2, 0) is 0 Å². The Kier molecular flexibility index (Phi) is 3.06. The van der Waals surface area contributed by atoms with Crippen LogP contribution in [0.15, 0.2) is 42.5 Å². The third-order valence-electron chi connectivity index (χ3n) is 2.97. The third-order valence-corrected chi connectivity index (χ3v) is 3.69. The van der Waals surface area contributed by atoms with Gasteiger partial charge in [-0.3, -0.25) is 4.57 Å². The number of nitrogen functional groups attached to an aromatic ring is 1. The number of halogens is 1. The van der Waals surface area contributed by atoms with E-state index in [1.807, 2.05) is 47.0 Å². The van der Waals surface area contributed by atoms with Crippen molar-refractivity contribution in [3.05, 3.63) is 46.0 Å². The highest BCUT2D eigenvalue weighted by Gasteiger charge is 2.10. The molecular weight excluding hydrogens is 353 g/mol. The molecule has 0 atom stereocenters. The van der Waals surface area contributed by atoms with Crippen LogP contribution in [0.4, 0.5) is 5.95 Å². The largest absolute Gasteiger partial charge is 0.497 e. The molecule has 5 heteroatoms. The number of benzene rings is 2. The van der Waals surface area contributed by atoms with Gasteiger partial charge in [0.25, 0.3) is 0 Å². The zero-order valence-corrected chi connectivity index (χ0v) is 12.5. The number of methoxy groups -OCH3 is 1. The van der Waals surface area contributed by atoms with Crippen LogP contribution in [0.3, 0.4) is 0 Å². The molecule has 0 bridgehead atoms. The minimum atomic E-state index is 0.476. The number of hydrogen-bond acceptors (Lipinski definition) is 3. The summed E-state index contributed by atoms with van der Waals surface area (Å²) in [5.74, 6) is 1.27. The topological polar surface area (TPSA) is 53.1 Å². The van der Waals surface area contributed by atoms with E-state index < -0.39 is 0 Å². The molecule has 0 radical (unpaired) electrons. The van der Waals surface area contributed by atoms with Crippen LogP contribution in [0, 0.1) is 3.57 Å². The van der Waals surface area contributed by atoms with E-state index in [-0.39, 0.29) is 0 Å². The minimum absolute atomic E-state index is 0.476. The zero-order chi connectivity index (χ0) is 13.4. The minimum Gasteiger partial charge on any atom is -0.497 e. The van der Waals surface area contributed by atoms with Gasteiger partial charge in [0.05, 0.1) is 18.1 Å². The fourth-order valence-corrected chi connectivity index (χ4v) is 2.42. The Hall–Kier alpha value is -1.76. The lowest BCUT2D eigenvalue weighted by Crippen LogP contribution is -2.00. The maximum atomic E-state index is 6.02. The summed E-state index contributed by atoms with van der Waals surface area (Å²) in [7, 11) is 1.65. The van der Waals surface area contributed by atoms with E-state index >= 15 is 0 Å². The van der Waals surface area contributed by atoms with E-state index in [1.165, 1.54) is 3.57 Å². The SMILES string of the molecule is COc1ccc2nc(N)n(-c3ccc(I)cc3)c2c1.